The molecule has 26 heavy (non-hydrogen) atoms. The molecule has 1 aromatic carbocycles. The number of ether oxygens (including phenoxy) is 1. The van der Waals surface area contributed by atoms with Crippen molar-refractivity contribution in [1.29, 1.82) is 0 Å². The van der Waals surface area contributed by atoms with Crippen molar-refractivity contribution in [2.45, 2.75) is 31.5 Å². The maximum Gasteiger partial charge on any atom is 0.340 e. The van der Waals surface area contributed by atoms with Gasteiger partial charge in [0.2, 0.25) is 0 Å². The van der Waals surface area contributed by atoms with Crippen LogP contribution in [-0.4, -0.2) is 41.4 Å². The second-order valence-corrected chi connectivity index (χ2v) is 6.35. The number of hydrogen-bond donors (Lipinski definition) is 2. The lowest BCUT2D eigenvalue weighted by atomic mass is 10.0. The van der Waals surface area contributed by atoms with Crippen LogP contribution in [0.3, 0.4) is 0 Å². The summed E-state index contributed by atoms with van der Waals surface area (Å²) < 4.78 is 6.81. The van der Waals surface area contributed by atoms with Crippen molar-refractivity contribution in [2.75, 3.05) is 13.7 Å². The molecule has 144 valence electrons. The molecular weight excluding hydrogens is 399 g/mol. The lowest BCUT2D eigenvalue weighted by molar-refractivity contribution is 0.0602. The highest BCUT2D eigenvalue weighted by Gasteiger charge is 2.20. The largest absolute Gasteiger partial charge is 0.465 e. The fraction of sp³-hybridized carbons (Fsp3) is 0.389. The van der Waals surface area contributed by atoms with Crippen molar-refractivity contribution >= 4 is 53.3 Å². The summed E-state index contributed by atoms with van der Waals surface area (Å²) in [5.41, 5.74) is 1.34. The minimum absolute atomic E-state index is 0. The number of methoxy groups -OCH3 is 1. The normalized spacial score (nSPS) is 19.8. The molecule has 2 atom stereocenters. The Morgan fingerprint density at radius 1 is 1.46 bits per heavy atom. The molecule has 3 rings (SSSR count). The van der Waals surface area contributed by atoms with Crippen LogP contribution in [-0.2, 0) is 11.3 Å². The summed E-state index contributed by atoms with van der Waals surface area (Å²) in [5.74, 6) is -0.403. The number of piperidine rings is 1. The van der Waals surface area contributed by atoms with E-state index >= 15 is 0 Å². The SMILES string of the molecule is COC(=O)c1cn(C/C=C/C2NCCCC2O)c2cccc(Cl)c12.Cl.Cl. The maximum absolute atomic E-state index is 12.0. The number of allylic oxidation sites excluding steroid dienone is 1. The summed E-state index contributed by atoms with van der Waals surface area (Å²) in [6.45, 7) is 1.50. The molecular formula is C18H23Cl3N2O3. The van der Waals surface area contributed by atoms with Crippen molar-refractivity contribution in [1.82, 2.24) is 9.88 Å². The molecule has 1 aliphatic heterocycles. The Hall–Kier alpha value is -1.24. The van der Waals surface area contributed by atoms with Crippen molar-refractivity contribution in [3.05, 3.63) is 47.1 Å². The first-order chi connectivity index (χ1) is 11.6. The molecule has 8 heteroatoms. The molecule has 2 unspecified atom stereocenters. The maximum atomic E-state index is 12.0. The van der Waals surface area contributed by atoms with Gasteiger partial charge in [0.1, 0.15) is 0 Å². The van der Waals surface area contributed by atoms with E-state index in [4.69, 9.17) is 16.3 Å². The fourth-order valence-corrected chi connectivity index (χ4v) is 3.41. The van der Waals surface area contributed by atoms with E-state index < -0.39 is 5.97 Å². The van der Waals surface area contributed by atoms with Crippen molar-refractivity contribution < 1.29 is 14.6 Å². The zero-order valence-electron chi connectivity index (χ0n) is 14.4. The van der Waals surface area contributed by atoms with E-state index in [-0.39, 0.29) is 37.0 Å². The first-order valence-electron chi connectivity index (χ1n) is 8.05. The number of hydrogen-bond acceptors (Lipinski definition) is 4. The topological polar surface area (TPSA) is 63.5 Å². The Morgan fingerprint density at radius 3 is 2.92 bits per heavy atom. The van der Waals surface area contributed by atoms with E-state index in [2.05, 4.69) is 5.32 Å². The van der Waals surface area contributed by atoms with Crippen molar-refractivity contribution in [3.63, 3.8) is 0 Å². The molecule has 0 spiro atoms. The molecule has 0 aliphatic carbocycles. The Balaban J connectivity index is 0.00000169. The first-order valence-corrected chi connectivity index (χ1v) is 8.43. The second kappa shape index (κ2) is 10.2. The number of halogens is 3. The lowest BCUT2D eigenvalue weighted by Crippen LogP contribution is -2.43. The Bertz CT molecular complexity index is 776. The predicted molar refractivity (Wildman–Crippen MR) is 109 cm³/mol. The fourth-order valence-electron chi connectivity index (χ4n) is 3.14. The summed E-state index contributed by atoms with van der Waals surface area (Å²) in [6, 6.07) is 5.52. The summed E-state index contributed by atoms with van der Waals surface area (Å²) in [6.07, 6.45) is 7.20. The van der Waals surface area contributed by atoms with Crippen LogP contribution in [0.2, 0.25) is 5.02 Å². The molecule has 1 fully saturated rings. The summed E-state index contributed by atoms with van der Waals surface area (Å²) in [7, 11) is 1.36. The zero-order chi connectivity index (χ0) is 17.1. The number of aliphatic hydroxyl groups is 1. The van der Waals surface area contributed by atoms with Gasteiger partial charge in [0, 0.05) is 18.1 Å². The Labute approximate surface area is 170 Å². The Kier molecular flexibility index (Phi) is 8.93. The van der Waals surface area contributed by atoms with Gasteiger partial charge < -0.3 is 19.7 Å². The monoisotopic (exact) mass is 420 g/mol. The summed E-state index contributed by atoms with van der Waals surface area (Å²) >= 11 is 6.27. The van der Waals surface area contributed by atoms with Gasteiger partial charge in [0.05, 0.1) is 35.4 Å². The molecule has 1 aromatic heterocycles. The number of carbonyl (C=O) groups excluding carboxylic acids is 1. The average Bonchev–Trinajstić information content (AvgIpc) is 2.96. The third-order valence-electron chi connectivity index (χ3n) is 4.38. The minimum atomic E-state index is -0.403. The van der Waals surface area contributed by atoms with Gasteiger partial charge in [0.15, 0.2) is 0 Å². The van der Waals surface area contributed by atoms with Crippen molar-refractivity contribution in [2.24, 2.45) is 0 Å². The molecule has 5 nitrogen and oxygen atoms in total. The van der Waals surface area contributed by atoms with E-state index in [9.17, 15) is 9.90 Å². The standard InChI is InChI=1S/C18H21ClN2O3.2ClH/c1-24-18(23)12-11-21(15-7-2-5-13(19)17(12)15)10-4-6-14-16(22)8-3-9-20-14;;/h2,4-7,11,14,16,20,22H,3,8-10H2,1H3;2*1H/b6-4+;;. The zero-order valence-corrected chi connectivity index (χ0v) is 16.7. The number of nitrogens with one attached hydrogen (secondary N) is 1. The highest BCUT2D eigenvalue weighted by Crippen LogP contribution is 2.29. The van der Waals surface area contributed by atoms with Gasteiger partial charge in [-0.15, -0.1) is 24.8 Å². The average molecular weight is 422 g/mol. The molecule has 1 saturated heterocycles. The van der Waals surface area contributed by atoms with Crippen molar-refractivity contribution in [3.8, 4) is 0 Å². The van der Waals surface area contributed by atoms with E-state index in [0.29, 0.717) is 22.5 Å². The molecule has 0 amide bonds. The minimum Gasteiger partial charge on any atom is -0.465 e. The third-order valence-corrected chi connectivity index (χ3v) is 4.69. The highest BCUT2D eigenvalue weighted by atomic mass is 35.5. The number of aromatic nitrogens is 1. The van der Waals surface area contributed by atoms with E-state index in [1.54, 1.807) is 12.3 Å². The first kappa shape index (κ1) is 22.8. The van der Waals surface area contributed by atoms with E-state index in [0.717, 1.165) is 24.9 Å². The van der Waals surface area contributed by atoms with Crippen LogP contribution in [0.4, 0.5) is 0 Å². The third kappa shape index (κ3) is 4.72. The van der Waals surface area contributed by atoms with Gasteiger partial charge in [-0.3, -0.25) is 0 Å². The number of nitrogens with zero attached hydrogens (tertiary/aromatic N) is 1. The van der Waals surface area contributed by atoms with Crippen LogP contribution >= 0.6 is 36.4 Å². The van der Waals surface area contributed by atoms with Gasteiger partial charge in [0.25, 0.3) is 0 Å². The number of fused-ring (bicyclic) bond motifs is 1. The number of esters is 1. The van der Waals surface area contributed by atoms with E-state index in [1.807, 2.05) is 28.9 Å². The van der Waals surface area contributed by atoms with Gasteiger partial charge in [-0.05, 0) is 31.5 Å². The quantitative estimate of drug-likeness (QED) is 0.585. The second-order valence-electron chi connectivity index (χ2n) is 5.94. The molecule has 0 bridgehead atoms. The number of benzene rings is 1. The van der Waals surface area contributed by atoms with Crippen LogP contribution in [0, 0.1) is 0 Å². The van der Waals surface area contributed by atoms with Gasteiger partial charge in [-0.25, -0.2) is 4.79 Å². The number of rotatable bonds is 4. The van der Waals surface area contributed by atoms with Gasteiger partial charge in [-0.1, -0.05) is 29.8 Å². The summed E-state index contributed by atoms with van der Waals surface area (Å²) in [4.78, 5) is 12.0. The lowest BCUT2D eigenvalue weighted by Gasteiger charge is -2.26. The molecule has 0 saturated carbocycles. The predicted octanol–water partition coefficient (Wildman–Crippen LogP) is 3.59. The molecule has 0 radical (unpaired) electrons. The number of carbonyl (C=O) groups is 1. The molecule has 1 aliphatic rings. The van der Waals surface area contributed by atoms with E-state index in [1.165, 1.54) is 7.11 Å². The molecule has 2 N–H and O–H groups in total. The van der Waals surface area contributed by atoms with Gasteiger partial charge in [-0.2, -0.15) is 0 Å². The van der Waals surface area contributed by atoms with Crippen LogP contribution in [0.15, 0.2) is 36.5 Å². The van der Waals surface area contributed by atoms with Crippen LogP contribution in [0.1, 0.15) is 23.2 Å². The molecule has 2 heterocycles. The highest BCUT2D eigenvalue weighted by molar-refractivity contribution is 6.36. The summed E-state index contributed by atoms with van der Waals surface area (Å²) in [5, 5.41) is 14.5. The van der Waals surface area contributed by atoms with Crippen LogP contribution < -0.4 is 5.32 Å². The number of aliphatic hydroxyl groups excluding tert-OH is 1. The van der Waals surface area contributed by atoms with Crippen LogP contribution in [0.25, 0.3) is 10.9 Å². The van der Waals surface area contributed by atoms with Gasteiger partial charge >= 0.3 is 5.97 Å². The van der Waals surface area contributed by atoms with Crippen LogP contribution in [0.5, 0.6) is 0 Å². The smallest absolute Gasteiger partial charge is 0.340 e. The Morgan fingerprint density at radius 2 is 2.23 bits per heavy atom. The molecule has 2 aromatic rings.